The zero-order valence-electron chi connectivity index (χ0n) is 22.9. The summed E-state index contributed by atoms with van der Waals surface area (Å²) in [6.45, 7) is 3.94. The molecule has 0 fully saturated rings. The van der Waals surface area contributed by atoms with Gasteiger partial charge in [-0.25, -0.2) is 5.43 Å². The van der Waals surface area contributed by atoms with Gasteiger partial charge in [-0.05, 0) is 97.8 Å². The predicted molar refractivity (Wildman–Crippen MR) is 163 cm³/mol. The lowest BCUT2D eigenvalue weighted by Gasteiger charge is -2.12. The second-order valence-electron chi connectivity index (χ2n) is 9.58. The van der Waals surface area contributed by atoms with Crippen LogP contribution in [0.2, 0.25) is 0 Å². The highest BCUT2D eigenvalue weighted by atomic mass is 16.5. The predicted octanol–water partition coefficient (Wildman–Crippen LogP) is 6.54. The summed E-state index contributed by atoms with van der Waals surface area (Å²) in [5, 5.41) is 6.88. The average Bonchev–Trinajstić information content (AvgIpc) is 3.39. The van der Waals surface area contributed by atoms with Crippen molar-refractivity contribution in [2.24, 2.45) is 5.10 Å². The van der Waals surface area contributed by atoms with Gasteiger partial charge in [0.1, 0.15) is 5.75 Å². The van der Waals surface area contributed by atoms with Crippen LogP contribution in [0, 0.1) is 13.8 Å². The van der Waals surface area contributed by atoms with Crippen LogP contribution in [0.1, 0.15) is 27.2 Å². The number of ether oxygens (including phenoxy) is 1. The van der Waals surface area contributed by atoms with E-state index in [-0.39, 0.29) is 18.4 Å². The molecule has 7 heteroatoms. The third-order valence-corrected chi connectivity index (χ3v) is 6.50. The number of anilines is 1. The molecule has 0 saturated heterocycles. The Morgan fingerprint density at radius 1 is 0.805 bits per heavy atom. The number of carbonyl (C=O) groups excluding carboxylic acids is 2. The van der Waals surface area contributed by atoms with Gasteiger partial charge in [-0.2, -0.15) is 5.10 Å². The van der Waals surface area contributed by atoms with Crippen molar-refractivity contribution in [2.45, 2.75) is 13.8 Å². The Morgan fingerprint density at radius 2 is 1.51 bits per heavy atom. The summed E-state index contributed by atoms with van der Waals surface area (Å²) in [6.07, 6.45) is 1.55. The first-order valence-corrected chi connectivity index (χ1v) is 13.2. The van der Waals surface area contributed by atoms with E-state index in [0.29, 0.717) is 11.3 Å². The molecule has 4 aromatic carbocycles. The van der Waals surface area contributed by atoms with Crippen LogP contribution in [0.25, 0.3) is 16.9 Å². The molecule has 204 valence electrons. The molecule has 0 atom stereocenters. The van der Waals surface area contributed by atoms with Gasteiger partial charge in [-0.15, -0.1) is 0 Å². The fourth-order valence-corrected chi connectivity index (χ4v) is 4.34. The average molecular weight is 543 g/mol. The lowest BCUT2D eigenvalue weighted by Crippen LogP contribution is -2.20. The largest absolute Gasteiger partial charge is 0.484 e. The van der Waals surface area contributed by atoms with E-state index in [9.17, 15) is 9.59 Å². The van der Waals surface area contributed by atoms with E-state index in [0.717, 1.165) is 39.5 Å². The second-order valence-corrected chi connectivity index (χ2v) is 9.58. The fourth-order valence-electron chi connectivity index (χ4n) is 4.34. The van der Waals surface area contributed by atoms with Crippen molar-refractivity contribution in [2.75, 3.05) is 11.9 Å². The molecular formula is C34H30N4O3. The Labute approximate surface area is 239 Å². The van der Waals surface area contributed by atoms with Crippen LogP contribution in [0.3, 0.4) is 0 Å². The number of aromatic nitrogens is 1. The molecule has 2 amide bonds. The van der Waals surface area contributed by atoms with Crippen LogP contribution in [0.4, 0.5) is 5.69 Å². The number of carbonyl (C=O) groups is 2. The maximum Gasteiger partial charge on any atom is 0.271 e. The summed E-state index contributed by atoms with van der Waals surface area (Å²) in [4.78, 5) is 24.8. The third kappa shape index (κ3) is 6.96. The molecule has 0 bridgehead atoms. The summed E-state index contributed by atoms with van der Waals surface area (Å²) in [5.41, 5.74) is 9.99. The number of benzene rings is 4. The summed E-state index contributed by atoms with van der Waals surface area (Å²) < 4.78 is 7.73. The highest BCUT2D eigenvalue weighted by Crippen LogP contribution is 2.26. The van der Waals surface area contributed by atoms with Crippen molar-refractivity contribution in [3.05, 3.63) is 138 Å². The van der Waals surface area contributed by atoms with Gasteiger partial charge in [0.15, 0.2) is 6.61 Å². The van der Waals surface area contributed by atoms with E-state index in [2.05, 4.69) is 51.6 Å². The molecule has 1 heterocycles. The van der Waals surface area contributed by atoms with Gasteiger partial charge in [0.2, 0.25) is 0 Å². The Bertz CT molecular complexity index is 1650. The number of hydrogen-bond donors (Lipinski definition) is 2. The molecule has 0 saturated carbocycles. The SMILES string of the molecule is Cc1ccc(NC(=O)COc2ccc(/C=N/NC(=O)c3ccc(-n4c(C)ccc4-c4ccccc4)cc3)cc2)cc1. The topological polar surface area (TPSA) is 84.7 Å². The lowest BCUT2D eigenvalue weighted by atomic mass is 10.1. The number of aryl methyl sites for hydroxylation is 2. The van der Waals surface area contributed by atoms with E-state index < -0.39 is 0 Å². The Balaban J connectivity index is 1.13. The summed E-state index contributed by atoms with van der Waals surface area (Å²) >= 11 is 0. The Hall–Kier alpha value is -5.43. The monoisotopic (exact) mass is 542 g/mol. The van der Waals surface area contributed by atoms with Gasteiger partial charge < -0.3 is 14.6 Å². The first-order valence-electron chi connectivity index (χ1n) is 13.2. The number of amides is 2. The minimum absolute atomic E-state index is 0.104. The summed E-state index contributed by atoms with van der Waals surface area (Å²) in [5.74, 6) is 0.00824. The lowest BCUT2D eigenvalue weighted by molar-refractivity contribution is -0.118. The van der Waals surface area contributed by atoms with E-state index in [4.69, 9.17) is 4.74 Å². The maximum absolute atomic E-state index is 12.6. The third-order valence-electron chi connectivity index (χ3n) is 6.50. The minimum atomic E-state index is -0.306. The molecule has 1 aromatic heterocycles. The maximum atomic E-state index is 12.6. The second kappa shape index (κ2) is 12.6. The Kier molecular flexibility index (Phi) is 8.35. The van der Waals surface area contributed by atoms with Gasteiger partial charge in [0.05, 0.1) is 11.9 Å². The minimum Gasteiger partial charge on any atom is -0.484 e. The van der Waals surface area contributed by atoms with Crippen molar-refractivity contribution in [1.29, 1.82) is 0 Å². The van der Waals surface area contributed by atoms with E-state index in [1.165, 1.54) is 0 Å². The molecular weight excluding hydrogens is 512 g/mol. The highest BCUT2D eigenvalue weighted by molar-refractivity contribution is 5.95. The molecule has 0 spiro atoms. The number of nitrogens with zero attached hydrogens (tertiary/aromatic N) is 2. The van der Waals surface area contributed by atoms with Crippen LogP contribution in [0.15, 0.2) is 120 Å². The summed E-state index contributed by atoms with van der Waals surface area (Å²) in [6, 6.07) is 36.5. The molecule has 0 aliphatic rings. The molecule has 5 rings (SSSR count). The first kappa shape index (κ1) is 27.1. The number of hydrazone groups is 1. The normalized spacial score (nSPS) is 10.9. The fraction of sp³-hybridized carbons (Fsp3) is 0.0882. The number of rotatable bonds is 9. The highest BCUT2D eigenvalue weighted by Gasteiger charge is 2.11. The van der Waals surface area contributed by atoms with Gasteiger partial charge >= 0.3 is 0 Å². The molecule has 0 unspecified atom stereocenters. The van der Waals surface area contributed by atoms with Crippen LogP contribution in [0.5, 0.6) is 5.75 Å². The molecule has 41 heavy (non-hydrogen) atoms. The Morgan fingerprint density at radius 3 is 2.22 bits per heavy atom. The van der Waals surface area contributed by atoms with E-state index >= 15 is 0 Å². The zero-order valence-corrected chi connectivity index (χ0v) is 22.9. The van der Waals surface area contributed by atoms with Crippen molar-refractivity contribution < 1.29 is 14.3 Å². The first-order chi connectivity index (χ1) is 20.0. The van der Waals surface area contributed by atoms with Crippen LogP contribution < -0.4 is 15.5 Å². The van der Waals surface area contributed by atoms with Gasteiger partial charge in [0, 0.05) is 22.6 Å². The molecule has 5 aromatic rings. The van der Waals surface area contributed by atoms with Crippen LogP contribution in [-0.2, 0) is 4.79 Å². The number of hydrogen-bond acceptors (Lipinski definition) is 4. The molecule has 0 aliphatic heterocycles. The van der Waals surface area contributed by atoms with Crippen molar-refractivity contribution >= 4 is 23.7 Å². The quantitative estimate of drug-likeness (QED) is 0.164. The molecule has 2 N–H and O–H groups in total. The van der Waals surface area contributed by atoms with Crippen molar-refractivity contribution in [1.82, 2.24) is 9.99 Å². The van der Waals surface area contributed by atoms with Crippen LogP contribution >= 0.6 is 0 Å². The van der Waals surface area contributed by atoms with Crippen molar-refractivity contribution in [3.63, 3.8) is 0 Å². The molecule has 0 aliphatic carbocycles. The van der Waals surface area contributed by atoms with Gasteiger partial charge in [-0.3, -0.25) is 9.59 Å². The van der Waals surface area contributed by atoms with Gasteiger partial charge in [-0.1, -0.05) is 48.0 Å². The summed E-state index contributed by atoms with van der Waals surface area (Å²) in [7, 11) is 0. The van der Waals surface area contributed by atoms with E-state index in [1.54, 1.807) is 42.6 Å². The molecule has 7 nitrogen and oxygen atoms in total. The standard InChI is InChI=1S/C34H30N4O3/c1-24-8-15-29(16-9-24)36-33(39)23-41-31-19-11-26(12-20-31)22-35-37-34(40)28-13-17-30(18-14-28)38-25(2)10-21-32(38)27-6-4-3-5-7-27/h3-22H,23H2,1-2H3,(H,36,39)(H,37,40)/b35-22+. The van der Waals surface area contributed by atoms with Gasteiger partial charge in [0.25, 0.3) is 11.8 Å². The number of nitrogens with one attached hydrogen (secondary N) is 2. The van der Waals surface area contributed by atoms with Crippen molar-refractivity contribution in [3.8, 4) is 22.7 Å². The smallest absolute Gasteiger partial charge is 0.271 e. The molecule has 0 radical (unpaired) electrons. The van der Waals surface area contributed by atoms with E-state index in [1.807, 2.05) is 61.5 Å². The zero-order chi connectivity index (χ0) is 28.6. The van der Waals surface area contributed by atoms with Crippen LogP contribution in [-0.4, -0.2) is 29.2 Å².